The topological polar surface area (TPSA) is 79.7 Å². The van der Waals surface area contributed by atoms with E-state index in [1.54, 1.807) is 11.3 Å². The summed E-state index contributed by atoms with van der Waals surface area (Å²) in [7, 11) is 0. The molecular weight excluding hydrogens is 611 g/mol. The van der Waals surface area contributed by atoms with Crippen molar-refractivity contribution in [2.75, 3.05) is 10.2 Å². The molecule has 1 aliphatic carbocycles. The summed E-state index contributed by atoms with van der Waals surface area (Å²) < 4.78 is 8.65. The van der Waals surface area contributed by atoms with Crippen molar-refractivity contribution in [2.45, 2.75) is 39.0 Å². The molecule has 3 heterocycles. The van der Waals surface area contributed by atoms with Gasteiger partial charge in [-0.3, -0.25) is 4.90 Å². The van der Waals surface area contributed by atoms with Gasteiger partial charge < -0.3 is 5.32 Å². The number of hydrogen-bond donors (Lipinski definition) is 1. The van der Waals surface area contributed by atoms with Crippen LogP contribution >= 0.6 is 46.6 Å². The second-order valence-electron chi connectivity index (χ2n) is 10.3. The number of thiocarbonyl (C=S) groups is 1. The van der Waals surface area contributed by atoms with E-state index in [2.05, 4.69) is 83.5 Å². The minimum atomic E-state index is 0.290. The van der Waals surface area contributed by atoms with Crippen molar-refractivity contribution in [1.82, 2.24) is 23.7 Å². The largest absolute Gasteiger partial charge is 0.332 e. The summed E-state index contributed by atoms with van der Waals surface area (Å²) >= 11 is 10.6. The van der Waals surface area contributed by atoms with Gasteiger partial charge in [0, 0.05) is 27.6 Å². The molecule has 1 atom stereocenters. The molecule has 0 aliphatic heterocycles. The molecular formula is C32H27N7S4. The number of aromatic nitrogens is 5. The maximum atomic E-state index is 6.09. The number of hydrogen-bond acceptors (Lipinski definition) is 9. The molecule has 214 valence electrons. The zero-order chi connectivity index (χ0) is 29.3. The van der Waals surface area contributed by atoms with E-state index in [1.807, 2.05) is 38.1 Å². The quantitative estimate of drug-likeness (QED) is 0.182. The third-order valence-electron chi connectivity index (χ3n) is 7.35. The first-order valence-corrected chi connectivity index (χ1v) is 16.8. The third-order valence-corrected chi connectivity index (χ3v) is 10.5. The monoisotopic (exact) mass is 637 g/mol. The van der Waals surface area contributed by atoms with Crippen LogP contribution in [0, 0.1) is 13.8 Å². The molecule has 1 unspecified atom stereocenters. The van der Waals surface area contributed by atoms with Crippen LogP contribution in [0.1, 0.15) is 46.5 Å². The molecule has 0 saturated heterocycles. The minimum absolute atomic E-state index is 0.290. The number of benzene rings is 3. The molecule has 0 fully saturated rings. The summed E-state index contributed by atoms with van der Waals surface area (Å²) in [6.45, 7) is 3.82. The van der Waals surface area contributed by atoms with Gasteiger partial charge in [-0.1, -0.05) is 30.3 Å². The van der Waals surface area contributed by atoms with Gasteiger partial charge in [-0.05, 0) is 122 Å². The second kappa shape index (κ2) is 12.0. The van der Waals surface area contributed by atoms with Crippen molar-refractivity contribution < 1.29 is 0 Å². The number of anilines is 3. The van der Waals surface area contributed by atoms with Gasteiger partial charge in [-0.2, -0.15) is 8.75 Å². The maximum absolute atomic E-state index is 6.09. The van der Waals surface area contributed by atoms with Gasteiger partial charge in [0.1, 0.15) is 21.7 Å². The van der Waals surface area contributed by atoms with Crippen LogP contribution in [-0.2, 0) is 6.42 Å². The van der Waals surface area contributed by atoms with Crippen LogP contribution in [0.15, 0.2) is 78.9 Å². The molecule has 3 aromatic heterocycles. The average molecular weight is 638 g/mol. The first-order valence-electron chi connectivity index (χ1n) is 14.0. The summed E-state index contributed by atoms with van der Waals surface area (Å²) in [4.78, 5) is 17.7. The van der Waals surface area contributed by atoms with Crippen LogP contribution in [0.2, 0.25) is 0 Å². The molecule has 6 aromatic rings. The summed E-state index contributed by atoms with van der Waals surface area (Å²) in [5.41, 5.74) is 6.37. The molecule has 0 bridgehead atoms. The molecule has 0 amide bonds. The lowest BCUT2D eigenvalue weighted by molar-refractivity contribution is 0.610. The number of rotatable bonds is 6. The van der Waals surface area contributed by atoms with Crippen molar-refractivity contribution in [3.63, 3.8) is 0 Å². The smallest absolute Gasteiger partial charge is 0.196 e. The number of thiazole rings is 1. The molecule has 0 saturated carbocycles. The first kappa shape index (κ1) is 27.9. The van der Waals surface area contributed by atoms with Crippen LogP contribution in [0.4, 0.5) is 16.5 Å². The van der Waals surface area contributed by atoms with Crippen molar-refractivity contribution in [3.8, 4) is 21.1 Å². The zero-order valence-corrected chi connectivity index (χ0v) is 26.8. The standard InChI is InChI=1S/C32H27N7S4/c1-19-33-29(42-37-19)22-11-15-24(16-12-22)35-31(40)39(25-17-13-23(14-18-25)30-34-20(2)38-43-30)32-36-28-26(9-6-10-27(28)41-32)21-7-4-3-5-8-21/h3-5,7-8,11-18,26H,6,9-10H2,1-2H3,(H,35,40). The van der Waals surface area contributed by atoms with E-state index in [-0.39, 0.29) is 5.92 Å². The normalized spacial score (nSPS) is 14.3. The van der Waals surface area contributed by atoms with Crippen molar-refractivity contribution in [3.05, 3.63) is 107 Å². The van der Waals surface area contributed by atoms with Crippen molar-refractivity contribution in [1.29, 1.82) is 0 Å². The first-order chi connectivity index (χ1) is 21.0. The van der Waals surface area contributed by atoms with Gasteiger partial charge in [-0.15, -0.1) is 11.3 Å². The Bertz CT molecular complexity index is 1880. The third kappa shape index (κ3) is 5.85. The van der Waals surface area contributed by atoms with Gasteiger partial charge in [0.2, 0.25) is 0 Å². The fourth-order valence-corrected chi connectivity index (χ4v) is 8.19. The molecule has 43 heavy (non-hydrogen) atoms. The Balaban J connectivity index is 1.22. The predicted molar refractivity (Wildman–Crippen MR) is 182 cm³/mol. The highest BCUT2D eigenvalue weighted by atomic mass is 32.1. The predicted octanol–water partition coefficient (Wildman–Crippen LogP) is 8.80. The lowest BCUT2D eigenvalue weighted by atomic mass is 9.85. The van der Waals surface area contributed by atoms with E-state index in [0.29, 0.717) is 5.11 Å². The van der Waals surface area contributed by atoms with Gasteiger partial charge in [0.25, 0.3) is 0 Å². The SMILES string of the molecule is Cc1nsc(-c2ccc(NC(=S)N(c3ccc(-c4nc(C)ns4)cc3)c3nc4c(s3)CCCC4c3ccccc3)cc2)n1. The Hall–Kier alpha value is -3.90. The Morgan fingerprint density at radius 2 is 1.44 bits per heavy atom. The van der Waals surface area contributed by atoms with Crippen molar-refractivity contribution in [2.24, 2.45) is 0 Å². The number of nitrogens with one attached hydrogen (secondary N) is 1. The van der Waals surface area contributed by atoms with Gasteiger partial charge in [0.05, 0.1) is 11.4 Å². The maximum Gasteiger partial charge on any atom is 0.196 e. The van der Waals surface area contributed by atoms with Gasteiger partial charge >= 0.3 is 0 Å². The molecule has 0 spiro atoms. The van der Waals surface area contributed by atoms with Crippen molar-refractivity contribution >= 4 is 68.2 Å². The number of nitrogens with zero attached hydrogens (tertiary/aromatic N) is 6. The molecule has 0 radical (unpaired) electrons. The molecule has 7 nitrogen and oxygen atoms in total. The second-order valence-corrected chi connectivity index (χ2v) is 13.3. The lowest BCUT2D eigenvalue weighted by Crippen LogP contribution is -2.30. The van der Waals surface area contributed by atoms with E-state index in [0.717, 1.165) is 68.6 Å². The van der Waals surface area contributed by atoms with Crippen LogP contribution in [0.5, 0.6) is 0 Å². The number of aryl methyl sites for hydroxylation is 3. The molecule has 1 N–H and O–H groups in total. The Labute approximate surface area is 267 Å². The van der Waals surface area contributed by atoms with E-state index in [9.17, 15) is 0 Å². The van der Waals surface area contributed by atoms with E-state index in [4.69, 9.17) is 17.2 Å². The van der Waals surface area contributed by atoms with Crippen LogP contribution in [-0.4, -0.2) is 28.8 Å². The molecule has 1 aliphatic rings. The molecule has 3 aromatic carbocycles. The van der Waals surface area contributed by atoms with Crippen LogP contribution in [0.25, 0.3) is 21.1 Å². The average Bonchev–Trinajstić information content (AvgIpc) is 3.78. The molecule has 11 heteroatoms. The van der Waals surface area contributed by atoms with Gasteiger partial charge in [-0.25, -0.2) is 15.0 Å². The Morgan fingerprint density at radius 3 is 2.05 bits per heavy atom. The fraction of sp³-hybridized carbons (Fsp3) is 0.188. The van der Waals surface area contributed by atoms with E-state index >= 15 is 0 Å². The van der Waals surface area contributed by atoms with Crippen LogP contribution < -0.4 is 10.2 Å². The van der Waals surface area contributed by atoms with Crippen LogP contribution in [0.3, 0.4) is 0 Å². The summed E-state index contributed by atoms with van der Waals surface area (Å²) in [5, 5.41) is 6.69. The Kier molecular flexibility index (Phi) is 7.79. The fourth-order valence-electron chi connectivity index (χ4n) is 5.28. The number of fused-ring (bicyclic) bond motifs is 1. The highest BCUT2D eigenvalue weighted by Gasteiger charge is 2.29. The summed E-state index contributed by atoms with van der Waals surface area (Å²) in [6, 6.07) is 27.2. The Morgan fingerprint density at radius 1 is 0.814 bits per heavy atom. The highest BCUT2D eigenvalue weighted by molar-refractivity contribution is 7.80. The van der Waals surface area contributed by atoms with Gasteiger partial charge in [0.15, 0.2) is 10.2 Å². The van der Waals surface area contributed by atoms with E-state index < -0.39 is 0 Å². The zero-order valence-electron chi connectivity index (χ0n) is 23.5. The highest BCUT2D eigenvalue weighted by Crippen LogP contribution is 2.43. The summed E-state index contributed by atoms with van der Waals surface area (Å²) in [5.74, 6) is 1.86. The van der Waals surface area contributed by atoms with E-state index in [1.165, 1.54) is 39.2 Å². The summed E-state index contributed by atoms with van der Waals surface area (Å²) in [6.07, 6.45) is 3.28. The minimum Gasteiger partial charge on any atom is -0.332 e. The lowest BCUT2D eigenvalue weighted by Gasteiger charge is -2.24. The molecule has 7 rings (SSSR count).